The highest BCUT2D eigenvalue weighted by atomic mass is 19.2. The lowest BCUT2D eigenvalue weighted by molar-refractivity contribution is 0.0920. The third kappa shape index (κ3) is 4.99. The molecule has 2 rings (SSSR count). The molecule has 0 aliphatic heterocycles. The highest BCUT2D eigenvalue weighted by Crippen LogP contribution is 2.29. The van der Waals surface area contributed by atoms with Crippen molar-refractivity contribution in [3.05, 3.63) is 52.7 Å². The van der Waals surface area contributed by atoms with Gasteiger partial charge in [-0.15, -0.1) is 0 Å². The smallest absolute Gasteiger partial charge is 0.286 e. The number of carbonyl (C=O) groups excluding carboxylic acids is 1. The number of rotatable bonds is 9. The molecule has 1 heterocycles. The van der Waals surface area contributed by atoms with Gasteiger partial charge in [0.2, 0.25) is 29.1 Å². The minimum atomic E-state index is -2.27. The second kappa shape index (κ2) is 9.38. The zero-order valence-electron chi connectivity index (χ0n) is 14.5. The van der Waals surface area contributed by atoms with E-state index in [1.165, 1.54) is 12.1 Å². The molecular weight excluding hydrogens is 373 g/mol. The molecule has 0 saturated heterocycles. The fourth-order valence-corrected chi connectivity index (χ4v) is 2.27. The minimum Gasteiger partial charge on any atom is -0.479 e. The van der Waals surface area contributed by atoms with Gasteiger partial charge in [-0.25, -0.2) is 13.2 Å². The topological polar surface area (TPSA) is 51.5 Å². The number of furan rings is 1. The number of hydrogen-bond donors (Lipinski definition) is 1. The Morgan fingerprint density at radius 2 is 1.59 bits per heavy atom. The number of halogens is 5. The van der Waals surface area contributed by atoms with Crippen LogP contribution in [0.15, 0.2) is 16.5 Å². The summed E-state index contributed by atoms with van der Waals surface area (Å²) in [7, 11) is 0. The van der Waals surface area contributed by atoms with Crippen molar-refractivity contribution >= 4 is 5.91 Å². The Kier molecular flexibility index (Phi) is 7.20. The van der Waals surface area contributed by atoms with E-state index < -0.39 is 47.3 Å². The molecule has 0 atom stereocenters. The zero-order valence-corrected chi connectivity index (χ0v) is 14.5. The van der Waals surface area contributed by atoms with Gasteiger partial charge in [0, 0.05) is 6.54 Å². The summed E-state index contributed by atoms with van der Waals surface area (Å²) >= 11 is 0. The molecule has 0 fully saturated rings. The second-order valence-corrected chi connectivity index (χ2v) is 5.77. The molecule has 1 N–H and O–H groups in total. The number of hydrogen-bond acceptors (Lipinski definition) is 3. The van der Waals surface area contributed by atoms with Crippen LogP contribution in [0.5, 0.6) is 5.75 Å². The Labute approximate surface area is 152 Å². The SMILES string of the molecule is CCCCCCNC(=O)c1ccc(COc2c(F)c(F)c(F)c(F)c2F)o1. The van der Waals surface area contributed by atoms with Gasteiger partial charge >= 0.3 is 0 Å². The lowest BCUT2D eigenvalue weighted by atomic mass is 10.2. The molecule has 1 aromatic heterocycles. The zero-order chi connectivity index (χ0) is 20.0. The molecular formula is C18H18F5NO3. The monoisotopic (exact) mass is 391 g/mol. The second-order valence-electron chi connectivity index (χ2n) is 5.77. The Balaban J connectivity index is 1.96. The van der Waals surface area contributed by atoms with Crippen LogP contribution in [0.1, 0.15) is 48.9 Å². The summed E-state index contributed by atoms with van der Waals surface area (Å²) in [6.07, 6.45) is 3.93. The predicted molar refractivity (Wildman–Crippen MR) is 85.7 cm³/mol. The number of amides is 1. The van der Waals surface area contributed by atoms with Crippen molar-refractivity contribution in [3.8, 4) is 5.75 Å². The lowest BCUT2D eigenvalue weighted by Gasteiger charge is -2.09. The normalized spacial score (nSPS) is 10.9. The molecule has 1 aromatic carbocycles. The summed E-state index contributed by atoms with van der Waals surface area (Å²) < 4.78 is 76.1. The minimum absolute atomic E-state index is 0.0184. The van der Waals surface area contributed by atoms with Crippen molar-refractivity contribution in [3.63, 3.8) is 0 Å². The first-order valence-electron chi connectivity index (χ1n) is 8.37. The van der Waals surface area contributed by atoms with Crippen LogP contribution in [-0.4, -0.2) is 12.5 Å². The van der Waals surface area contributed by atoms with Gasteiger partial charge in [0.15, 0.2) is 11.5 Å². The summed E-state index contributed by atoms with van der Waals surface area (Å²) in [6, 6.07) is 2.62. The first-order valence-corrected chi connectivity index (χ1v) is 8.37. The average molecular weight is 391 g/mol. The van der Waals surface area contributed by atoms with Gasteiger partial charge in [-0.1, -0.05) is 26.2 Å². The molecule has 0 aliphatic rings. The Bertz CT molecular complexity index is 778. The van der Waals surface area contributed by atoms with Gasteiger partial charge in [-0.3, -0.25) is 4.79 Å². The summed E-state index contributed by atoms with van der Waals surface area (Å²) in [5.74, 6) is -12.6. The van der Waals surface area contributed by atoms with Crippen LogP contribution in [0, 0.1) is 29.1 Å². The number of unbranched alkanes of at least 4 members (excludes halogenated alkanes) is 3. The molecule has 0 unspecified atom stereocenters. The molecule has 0 radical (unpaired) electrons. The van der Waals surface area contributed by atoms with E-state index >= 15 is 0 Å². The van der Waals surface area contributed by atoms with Crippen molar-refractivity contribution in [1.82, 2.24) is 5.32 Å². The van der Waals surface area contributed by atoms with E-state index in [9.17, 15) is 26.7 Å². The van der Waals surface area contributed by atoms with Gasteiger partial charge in [-0.2, -0.15) is 8.78 Å². The predicted octanol–water partition coefficient (Wildman–Crippen LogP) is 4.86. The van der Waals surface area contributed by atoms with Crippen LogP contribution in [-0.2, 0) is 6.61 Å². The van der Waals surface area contributed by atoms with Gasteiger partial charge in [-0.05, 0) is 18.6 Å². The van der Waals surface area contributed by atoms with Crippen LogP contribution >= 0.6 is 0 Å². The van der Waals surface area contributed by atoms with Crippen molar-refractivity contribution < 1.29 is 35.9 Å². The average Bonchev–Trinajstić information content (AvgIpc) is 3.13. The van der Waals surface area contributed by atoms with Gasteiger partial charge in [0.1, 0.15) is 12.4 Å². The van der Waals surface area contributed by atoms with Crippen molar-refractivity contribution in [2.45, 2.75) is 39.2 Å². The van der Waals surface area contributed by atoms with E-state index in [2.05, 4.69) is 17.0 Å². The Morgan fingerprint density at radius 1 is 0.963 bits per heavy atom. The summed E-state index contributed by atoms with van der Waals surface area (Å²) in [4.78, 5) is 11.9. The van der Waals surface area contributed by atoms with Crippen LogP contribution < -0.4 is 10.1 Å². The number of benzene rings is 1. The van der Waals surface area contributed by atoms with E-state index in [1.54, 1.807) is 0 Å². The highest BCUT2D eigenvalue weighted by molar-refractivity contribution is 5.91. The number of nitrogens with one attached hydrogen (secondary N) is 1. The fourth-order valence-electron chi connectivity index (χ4n) is 2.27. The van der Waals surface area contributed by atoms with E-state index in [0.29, 0.717) is 6.54 Å². The van der Waals surface area contributed by atoms with Crippen LogP contribution in [0.4, 0.5) is 22.0 Å². The Hall–Kier alpha value is -2.58. The molecule has 0 bridgehead atoms. The van der Waals surface area contributed by atoms with Gasteiger partial charge in [0.25, 0.3) is 5.91 Å². The summed E-state index contributed by atoms with van der Waals surface area (Å²) in [5, 5.41) is 2.65. The molecule has 1 amide bonds. The van der Waals surface area contributed by atoms with Crippen molar-refractivity contribution in [1.29, 1.82) is 0 Å². The Morgan fingerprint density at radius 3 is 2.22 bits per heavy atom. The first-order chi connectivity index (χ1) is 12.9. The third-order valence-electron chi connectivity index (χ3n) is 3.73. The van der Waals surface area contributed by atoms with Crippen molar-refractivity contribution in [2.75, 3.05) is 6.54 Å². The summed E-state index contributed by atoms with van der Waals surface area (Å²) in [6.45, 7) is 1.91. The summed E-state index contributed by atoms with van der Waals surface area (Å²) in [5.41, 5.74) is 0. The van der Waals surface area contributed by atoms with Crippen molar-refractivity contribution in [2.24, 2.45) is 0 Å². The molecule has 148 valence electrons. The van der Waals surface area contributed by atoms with Gasteiger partial charge in [0.05, 0.1) is 0 Å². The first kappa shape index (κ1) is 20.7. The molecule has 27 heavy (non-hydrogen) atoms. The fraction of sp³-hybridized carbons (Fsp3) is 0.389. The number of carbonyl (C=O) groups is 1. The quantitative estimate of drug-likeness (QED) is 0.287. The van der Waals surface area contributed by atoms with E-state index in [1.807, 2.05) is 0 Å². The molecule has 0 saturated carbocycles. The van der Waals surface area contributed by atoms with E-state index in [-0.39, 0.29) is 11.5 Å². The molecule has 9 heteroatoms. The molecule has 0 aliphatic carbocycles. The third-order valence-corrected chi connectivity index (χ3v) is 3.73. The van der Waals surface area contributed by atoms with Crippen LogP contribution in [0.2, 0.25) is 0 Å². The standard InChI is InChI=1S/C18H18F5NO3/c1-2-3-4-5-8-24-18(25)11-7-6-10(27-11)9-26-17-15(22)13(20)12(19)14(21)16(17)23/h6-7H,2-5,8-9H2,1H3,(H,24,25). The van der Waals surface area contributed by atoms with Gasteiger partial charge < -0.3 is 14.5 Å². The maximum atomic E-state index is 13.5. The number of ether oxygens (including phenoxy) is 1. The van der Waals surface area contributed by atoms with Crippen LogP contribution in [0.3, 0.4) is 0 Å². The highest BCUT2D eigenvalue weighted by Gasteiger charge is 2.27. The lowest BCUT2D eigenvalue weighted by Crippen LogP contribution is -2.23. The maximum absolute atomic E-state index is 13.5. The molecule has 0 spiro atoms. The van der Waals surface area contributed by atoms with E-state index in [0.717, 1.165) is 25.7 Å². The molecule has 2 aromatic rings. The maximum Gasteiger partial charge on any atom is 0.286 e. The largest absolute Gasteiger partial charge is 0.479 e. The van der Waals surface area contributed by atoms with Crippen LogP contribution in [0.25, 0.3) is 0 Å². The molecule has 4 nitrogen and oxygen atoms in total. The van der Waals surface area contributed by atoms with E-state index in [4.69, 9.17) is 4.42 Å².